The molecule has 0 saturated heterocycles. The fourth-order valence-corrected chi connectivity index (χ4v) is 2.02. The standard InChI is InChI=1S/C15H25FN2/c1-7-11(4)15-13(16)8-12(10(2)3)14(17-15)9-18(5)6/h8,10-11H,7,9H2,1-6H3. The van der Waals surface area contributed by atoms with Gasteiger partial charge in [-0.25, -0.2) is 4.39 Å². The van der Waals surface area contributed by atoms with Crippen LogP contribution >= 0.6 is 0 Å². The van der Waals surface area contributed by atoms with E-state index >= 15 is 0 Å². The number of rotatable bonds is 5. The van der Waals surface area contributed by atoms with Crippen LogP contribution in [-0.2, 0) is 6.54 Å². The van der Waals surface area contributed by atoms with E-state index in [2.05, 4.69) is 30.7 Å². The van der Waals surface area contributed by atoms with E-state index in [1.807, 2.05) is 21.0 Å². The molecule has 0 spiro atoms. The molecule has 3 heteroatoms. The Hall–Kier alpha value is -0.960. The Morgan fingerprint density at radius 2 is 1.89 bits per heavy atom. The van der Waals surface area contributed by atoms with Gasteiger partial charge < -0.3 is 4.90 Å². The Kier molecular flexibility index (Phi) is 5.27. The summed E-state index contributed by atoms with van der Waals surface area (Å²) >= 11 is 0. The van der Waals surface area contributed by atoms with E-state index in [0.717, 1.165) is 24.2 Å². The van der Waals surface area contributed by atoms with Crippen LogP contribution in [0.3, 0.4) is 0 Å². The summed E-state index contributed by atoms with van der Waals surface area (Å²) in [5.74, 6) is 0.315. The van der Waals surface area contributed by atoms with E-state index < -0.39 is 0 Å². The van der Waals surface area contributed by atoms with Gasteiger partial charge in [0.05, 0.1) is 11.4 Å². The van der Waals surface area contributed by atoms with Crippen molar-refractivity contribution >= 4 is 0 Å². The lowest BCUT2D eigenvalue weighted by Gasteiger charge is -2.19. The molecule has 0 bridgehead atoms. The Morgan fingerprint density at radius 3 is 2.33 bits per heavy atom. The quantitative estimate of drug-likeness (QED) is 0.789. The van der Waals surface area contributed by atoms with Crippen molar-refractivity contribution in [3.63, 3.8) is 0 Å². The van der Waals surface area contributed by atoms with Gasteiger partial charge in [0.25, 0.3) is 0 Å². The third-order valence-corrected chi connectivity index (χ3v) is 3.28. The second-order valence-corrected chi connectivity index (χ2v) is 5.59. The normalized spacial score (nSPS) is 13.4. The Bertz CT molecular complexity index is 400. The summed E-state index contributed by atoms with van der Waals surface area (Å²) in [6, 6.07) is 1.68. The summed E-state index contributed by atoms with van der Waals surface area (Å²) < 4.78 is 14.1. The van der Waals surface area contributed by atoms with Gasteiger partial charge in [0.15, 0.2) is 0 Å². The molecule has 0 aliphatic heterocycles. The highest BCUT2D eigenvalue weighted by atomic mass is 19.1. The summed E-state index contributed by atoms with van der Waals surface area (Å²) in [5.41, 5.74) is 2.64. The first-order valence-corrected chi connectivity index (χ1v) is 6.70. The van der Waals surface area contributed by atoms with Crippen LogP contribution in [0.25, 0.3) is 0 Å². The predicted molar refractivity (Wildman–Crippen MR) is 74.4 cm³/mol. The molecule has 0 amide bonds. The van der Waals surface area contributed by atoms with Crippen molar-refractivity contribution in [1.82, 2.24) is 9.88 Å². The van der Waals surface area contributed by atoms with Crippen molar-refractivity contribution in [2.24, 2.45) is 0 Å². The highest BCUT2D eigenvalue weighted by molar-refractivity contribution is 5.28. The fraction of sp³-hybridized carbons (Fsp3) is 0.667. The summed E-state index contributed by atoms with van der Waals surface area (Å²) in [4.78, 5) is 6.66. The van der Waals surface area contributed by atoms with Gasteiger partial charge in [-0.2, -0.15) is 0 Å². The molecule has 0 saturated carbocycles. The molecule has 2 nitrogen and oxygen atoms in total. The molecule has 1 atom stereocenters. The Labute approximate surface area is 110 Å². The van der Waals surface area contributed by atoms with Gasteiger partial charge in [-0.05, 0) is 38.1 Å². The van der Waals surface area contributed by atoms with Crippen LogP contribution in [0.1, 0.15) is 62.9 Å². The van der Waals surface area contributed by atoms with Crippen LogP contribution in [0.15, 0.2) is 6.07 Å². The molecule has 18 heavy (non-hydrogen) atoms. The minimum absolute atomic E-state index is 0.157. The van der Waals surface area contributed by atoms with Crippen molar-refractivity contribution in [1.29, 1.82) is 0 Å². The van der Waals surface area contributed by atoms with E-state index in [1.165, 1.54) is 0 Å². The maximum absolute atomic E-state index is 14.1. The second kappa shape index (κ2) is 6.28. The molecule has 1 aromatic heterocycles. The summed E-state index contributed by atoms with van der Waals surface area (Å²) in [6.07, 6.45) is 0.909. The average Bonchev–Trinajstić information content (AvgIpc) is 2.29. The Morgan fingerprint density at radius 1 is 1.28 bits per heavy atom. The first-order chi connectivity index (χ1) is 8.36. The van der Waals surface area contributed by atoms with Crippen molar-refractivity contribution in [3.05, 3.63) is 28.8 Å². The third-order valence-electron chi connectivity index (χ3n) is 3.28. The minimum atomic E-state index is -0.157. The first kappa shape index (κ1) is 15.1. The monoisotopic (exact) mass is 252 g/mol. The van der Waals surface area contributed by atoms with Gasteiger partial charge in [0, 0.05) is 12.5 Å². The fourth-order valence-electron chi connectivity index (χ4n) is 2.02. The van der Waals surface area contributed by atoms with Crippen LogP contribution in [-0.4, -0.2) is 24.0 Å². The number of hydrogen-bond acceptors (Lipinski definition) is 2. The van der Waals surface area contributed by atoms with E-state index in [0.29, 0.717) is 11.6 Å². The second-order valence-electron chi connectivity index (χ2n) is 5.59. The number of pyridine rings is 1. The zero-order valence-electron chi connectivity index (χ0n) is 12.4. The first-order valence-electron chi connectivity index (χ1n) is 6.70. The number of nitrogens with zero attached hydrogens (tertiary/aromatic N) is 2. The molecular formula is C15H25FN2. The molecule has 0 aliphatic rings. The Balaban J connectivity index is 3.26. The molecule has 0 fully saturated rings. The molecule has 1 heterocycles. The van der Waals surface area contributed by atoms with Gasteiger partial charge in [0.1, 0.15) is 5.82 Å². The smallest absolute Gasteiger partial charge is 0.145 e. The number of aromatic nitrogens is 1. The van der Waals surface area contributed by atoms with Gasteiger partial charge in [-0.1, -0.05) is 27.7 Å². The summed E-state index contributed by atoms with van der Waals surface area (Å²) in [5, 5.41) is 0. The topological polar surface area (TPSA) is 16.1 Å². The van der Waals surface area contributed by atoms with Crippen LogP contribution in [0.4, 0.5) is 4.39 Å². The van der Waals surface area contributed by atoms with E-state index in [4.69, 9.17) is 0 Å². The lowest BCUT2D eigenvalue weighted by molar-refractivity contribution is 0.391. The van der Waals surface area contributed by atoms with Gasteiger partial charge in [-0.15, -0.1) is 0 Å². The maximum atomic E-state index is 14.1. The molecule has 1 aromatic rings. The van der Waals surface area contributed by atoms with Crippen molar-refractivity contribution in [2.45, 2.75) is 52.5 Å². The van der Waals surface area contributed by atoms with Crippen LogP contribution in [0, 0.1) is 5.82 Å². The maximum Gasteiger partial charge on any atom is 0.145 e. The lowest BCUT2D eigenvalue weighted by atomic mass is 9.97. The lowest BCUT2D eigenvalue weighted by Crippen LogP contribution is -2.16. The van der Waals surface area contributed by atoms with E-state index in [-0.39, 0.29) is 11.7 Å². The van der Waals surface area contributed by atoms with Crippen molar-refractivity contribution < 1.29 is 4.39 Å². The van der Waals surface area contributed by atoms with Crippen LogP contribution < -0.4 is 0 Å². The highest BCUT2D eigenvalue weighted by Gasteiger charge is 2.17. The zero-order chi connectivity index (χ0) is 13.9. The molecule has 1 rings (SSSR count). The molecular weight excluding hydrogens is 227 g/mol. The molecule has 0 aliphatic carbocycles. The number of hydrogen-bond donors (Lipinski definition) is 0. The molecule has 102 valence electrons. The van der Waals surface area contributed by atoms with E-state index in [9.17, 15) is 4.39 Å². The largest absolute Gasteiger partial charge is 0.304 e. The van der Waals surface area contributed by atoms with Crippen molar-refractivity contribution in [2.75, 3.05) is 14.1 Å². The summed E-state index contributed by atoms with van der Waals surface area (Å²) in [6.45, 7) is 9.02. The highest BCUT2D eigenvalue weighted by Crippen LogP contribution is 2.26. The van der Waals surface area contributed by atoms with Gasteiger partial charge in [-0.3, -0.25) is 4.98 Å². The van der Waals surface area contributed by atoms with Crippen molar-refractivity contribution in [3.8, 4) is 0 Å². The molecule has 0 aromatic carbocycles. The third kappa shape index (κ3) is 3.52. The van der Waals surface area contributed by atoms with Gasteiger partial charge >= 0.3 is 0 Å². The summed E-state index contributed by atoms with van der Waals surface area (Å²) in [7, 11) is 4.02. The van der Waals surface area contributed by atoms with Gasteiger partial charge in [0.2, 0.25) is 0 Å². The van der Waals surface area contributed by atoms with Crippen LogP contribution in [0.5, 0.6) is 0 Å². The molecule has 0 radical (unpaired) electrons. The minimum Gasteiger partial charge on any atom is -0.304 e. The SMILES string of the molecule is CCC(C)c1nc(CN(C)C)c(C(C)C)cc1F. The molecule has 0 N–H and O–H groups in total. The zero-order valence-corrected chi connectivity index (χ0v) is 12.4. The predicted octanol–water partition coefficient (Wildman–Crippen LogP) is 3.92. The average molecular weight is 252 g/mol. The van der Waals surface area contributed by atoms with Crippen LogP contribution in [0.2, 0.25) is 0 Å². The number of halogens is 1. The van der Waals surface area contributed by atoms with E-state index in [1.54, 1.807) is 6.07 Å². The molecule has 1 unspecified atom stereocenters.